The molecule has 0 aliphatic heterocycles. The molecule has 0 aromatic heterocycles. The summed E-state index contributed by atoms with van der Waals surface area (Å²) >= 11 is 0. The quantitative estimate of drug-likeness (QED) is 0.792. The SMILES string of the molecule is CN(C(=O)OC(C)(C)C)C1CCC(NCC2CC=CCC2)CC1. The number of nitrogens with one attached hydrogen (secondary N) is 1. The standard InChI is InChI=1S/C19H34N2O2/c1-19(2,3)23-18(22)21(4)17-12-10-16(11-13-17)20-14-15-8-6-5-7-9-15/h5-6,15-17,20H,7-14H2,1-4H3. The summed E-state index contributed by atoms with van der Waals surface area (Å²) in [6, 6.07) is 0.935. The first-order valence-electron chi connectivity index (χ1n) is 9.19. The van der Waals surface area contributed by atoms with E-state index in [0.717, 1.165) is 38.1 Å². The van der Waals surface area contributed by atoms with Crippen molar-refractivity contribution >= 4 is 6.09 Å². The van der Waals surface area contributed by atoms with Crippen LogP contribution in [0.3, 0.4) is 0 Å². The summed E-state index contributed by atoms with van der Waals surface area (Å²) in [5.41, 5.74) is -0.418. The monoisotopic (exact) mass is 322 g/mol. The minimum Gasteiger partial charge on any atom is -0.444 e. The number of nitrogens with zero attached hydrogens (tertiary/aromatic N) is 1. The Labute approximate surface area is 141 Å². The molecule has 1 N–H and O–H groups in total. The van der Waals surface area contributed by atoms with Gasteiger partial charge in [-0.05, 0) is 78.2 Å². The number of hydrogen-bond acceptors (Lipinski definition) is 3. The van der Waals surface area contributed by atoms with E-state index >= 15 is 0 Å². The number of carbonyl (C=O) groups is 1. The maximum absolute atomic E-state index is 12.2. The van der Waals surface area contributed by atoms with Crippen molar-refractivity contribution in [3.05, 3.63) is 12.2 Å². The number of amides is 1. The molecule has 0 aromatic rings. The smallest absolute Gasteiger partial charge is 0.410 e. The van der Waals surface area contributed by atoms with Crippen molar-refractivity contribution in [1.29, 1.82) is 0 Å². The fourth-order valence-electron chi connectivity index (χ4n) is 3.53. The Kier molecular flexibility index (Phi) is 6.51. The van der Waals surface area contributed by atoms with Crippen LogP contribution in [0.15, 0.2) is 12.2 Å². The zero-order valence-electron chi connectivity index (χ0n) is 15.3. The van der Waals surface area contributed by atoms with E-state index in [1.807, 2.05) is 27.8 Å². The van der Waals surface area contributed by atoms with E-state index in [4.69, 9.17) is 4.74 Å². The van der Waals surface area contributed by atoms with Crippen LogP contribution in [-0.4, -0.2) is 42.3 Å². The second kappa shape index (κ2) is 8.18. The Morgan fingerprint density at radius 1 is 1.17 bits per heavy atom. The number of ether oxygens (including phenoxy) is 1. The highest BCUT2D eigenvalue weighted by Gasteiger charge is 2.29. The van der Waals surface area contributed by atoms with Crippen LogP contribution in [0.5, 0.6) is 0 Å². The number of rotatable bonds is 4. The normalized spacial score (nSPS) is 28.4. The Morgan fingerprint density at radius 2 is 1.87 bits per heavy atom. The molecule has 1 unspecified atom stereocenters. The molecule has 0 saturated heterocycles. The van der Waals surface area contributed by atoms with Gasteiger partial charge in [-0.15, -0.1) is 0 Å². The third-order valence-electron chi connectivity index (χ3n) is 5.00. The van der Waals surface area contributed by atoms with Crippen LogP contribution in [0.4, 0.5) is 4.79 Å². The summed E-state index contributed by atoms with van der Waals surface area (Å²) in [6.45, 7) is 6.89. The van der Waals surface area contributed by atoms with Crippen molar-refractivity contribution in [3.63, 3.8) is 0 Å². The van der Waals surface area contributed by atoms with Gasteiger partial charge in [0.1, 0.15) is 5.60 Å². The number of carbonyl (C=O) groups excluding carboxylic acids is 1. The highest BCUT2D eigenvalue weighted by molar-refractivity contribution is 5.68. The average Bonchev–Trinajstić information content (AvgIpc) is 2.52. The van der Waals surface area contributed by atoms with Crippen LogP contribution in [0.2, 0.25) is 0 Å². The van der Waals surface area contributed by atoms with Crippen molar-refractivity contribution in [3.8, 4) is 0 Å². The molecule has 1 atom stereocenters. The molecule has 132 valence electrons. The lowest BCUT2D eigenvalue weighted by molar-refractivity contribution is 0.0179. The fraction of sp³-hybridized carbons (Fsp3) is 0.842. The molecule has 0 spiro atoms. The highest BCUT2D eigenvalue weighted by Crippen LogP contribution is 2.25. The van der Waals surface area contributed by atoms with E-state index in [0.29, 0.717) is 12.1 Å². The van der Waals surface area contributed by atoms with Gasteiger partial charge in [0, 0.05) is 19.1 Å². The van der Waals surface area contributed by atoms with E-state index in [1.165, 1.54) is 19.3 Å². The molecule has 2 rings (SSSR count). The van der Waals surface area contributed by atoms with E-state index in [2.05, 4.69) is 17.5 Å². The maximum Gasteiger partial charge on any atom is 0.410 e. The van der Waals surface area contributed by atoms with E-state index in [9.17, 15) is 4.79 Å². The van der Waals surface area contributed by atoms with Crippen molar-refractivity contribution in [2.75, 3.05) is 13.6 Å². The van der Waals surface area contributed by atoms with Crippen molar-refractivity contribution in [2.45, 2.75) is 83.4 Å². The lowest BCUT2D eigenvalue weighted by Gasteiger charge is -2.36. The molecule has 0 heterocycles. The summed E-state index contributed by atoms with van der Waals surface area (Å²) in [4.78, 5) is 14.0. The van der Waals surface area contributed by atoms with Gasteiger partial charge >= 0.3 is 6.09 Å². The molecule has 4 nitrogen and oxygen atoms in total. The van der Waals surface area contributed by atoms with Gasteiger partial charge in [0.2, 0.25) is 0 Å². The van der Waals surface area contributed by atoms with Gasteiger partial charge in [-0.2, -0.15) is 0 Å². The molecule has 0 bridgehead atoms. The van der Waals surface area contributed by atoms with Crippen molar-refractivity contribution < 1.29 is 9.53 Å². The average molecular weight is 322 g/mol. The molecular formula is C19H34N2O2. The summed E-state index contributed by atoms with van der Waals surface area (Å²) < 4.78 is 5.47. The zero-order chi connectivity index (χ0) is 16.9. The molecule has 2 aliphatic rings. The predicted molar refractivity (Wildman–Crippen MR) is 94.5 cm³/mol. The third kappa shape index (κ3) is 6.17. The molecule has 1 amide bonds. The largest absolute Gasteiger partial charge is 0.444 e. The number of hydrogen-bond donors (Lipinski definition) is 1. The van der Waals surface area contributed by atoms with Crippen LogP contribution < -0.4 is 5.32 Å². The van der Waals surface area contributed by atoms with Gasteiger partial charge in [0.05, 0.1) is 0 Å². The molecule has 0 aromatic carbocycles. The number of allylic oxidation sites excluding steroid dienone is 2. The van der Waals surface area contributed by atoms with E-state index in [1.54, 1.807) is 4.90 Å². The summed E-state index contributed by atoms with van der Waals surface area (Å²) in [5, 5.41) is 3.75. The van der Waals surface area contributed by atoms with Crippen LogP contribution in [0, 0.1) is 5.92 Å². The van der Waals surface area contributed by atoms with Crippen molar-refractivity contribution in [1.82, 2.24) is 10.2 Å². The minimum atomic E-state index is -0.418. The zero-order valence-corrected chi connectivity index (χ0v) is 15.3. The van der Waals surface area contributed by atoms with Gasteiger partial charge in [0.15, 0.2) is 0 Å². The molecule has 0 radical (unpaired) electrons. The van der Waals surface area contributed by atoms with Gasteiger partial charge in [-0.3, -0.25) is 0 Å². The molecule has 1 fully saturated rings. The fourth-order valence-corrected chi connectivity index (χ4v) is 3.53. The molecule has 1 saturated carbocycles. The summed E-state index contributed by atoms with van der Waals surface area (Å²) in [7, 11) is 1.88. The Hall–Kier alpha value is -1.03. The molecular weight excluding hydrogens is 288 g/mol. The first kappa shape index (κ1) is 18.3. The first-order chi connectivity index (χ1) is 10.8. The van der Waals surface area contributed by atoms with Crippen molar-refractivity contribution in [2.24, 2.45) is 5.92 Å². The molecule has 4 heteroatoms. The second-order valence-electron chi connectivity index (χ2n) is 8.16. The summed E-state index contributed by atoms with van der Waals surface area (Å²) in [6.07, 6.45) is 12.7. The maximum atomic E-state index is 12.2. The van der Waals surface area contributed by atoms with Crippen LogP contribution >= 0.6 is 0 Å². The topological polar surface area (TPSA) is 41.6 Å². The predicted octanol–water partition coefficient (Wildman–Crippen LogP) is 4.11. The lowest BCUT2D eigenvalue weighted by Crippen LogP contribution is -2.45. The Balaban J connectivity index is 1.68. The Morgan fingerprint density at radius 3 is 2.43 bits per heavy atom. The minimum absolute atomic E-state index is 0.192. The highest BCUT2D eigenvalue weighted by atomic mass is 16.6. The van der Waals surface area contributed by atoms with Gasteiger partial charge in [-0.1, -0.05) is 12.2 Å². The molecule has 23 heavy (non-hydrogen) atoms. The van der Waals surface area contributed by atoms with E-state index < -0.39 is 5.60 Å². The summed E-state index contributed by atoms with van der Waals surface area (Å²) in [5.74, 6) is 0.808. The van der Waals surface area contributed by atoms with Gasteiger partial charge in [0.25, 0.3) is 0 Å². The van der Waals surface area contributed by atoms with E-state index in [-0.39, 0.29) is 6.09 Å². The van der Waals surface area contributed by atoms with Gasteiger partial charge < -0.3 is 15.0 Å². The lowest BCUT2D eigenvalue weighted by atomic mass is 9.89. The second-order valence-corrected chi connectivity index (χ2v) is 8.16. The van der Waals surface area contributed by atoms with Crippen LogP contribution in [-0.2, 0) is 4.74 Å². The first-order valence-corrected chi connectivity index (χ1v) is 9.19. The Bertz CT molecular complexity index is 406. The van der Waals surface area contributed by atoms with Gasteiger partial charge in [-0.25, -0.2) is 4.79 Å². The van der Waals surface area contributed by atoms with Crippen LogP contribution in [0.25, 0.3) is 0 Å². The third-order valence-corrected chi connectivity index (χ3v) is 5.00. The molecule has 2 aliphatic carbocycles. The van der Waals surface area contributed by atoms with Crippen LogP contribution in [0.1, 0.15) is 65.7 Å².